The topological polar surface area (TPSA) is 79.0 Å². The van der Waals surface area contributed by atoms with E-state index in [1.54, 1.807) is 38.1 Å². The van der Waals surface area contributed by atoms with Crippen molar-refractivity contribution in [2.45, 2.75) is 25.3 Å². The minimum Gasteiger partial charge on any atom is -0.378 e. The summed E-state index contributed by atoms with van der Waals surface area (Å²) in [5.74, 6) is -0.335. The normalized spacial score (nSPS) is 14.6. The molecule has 1 amide bonds. The van der Waals surface area contributed by atoms with E-state index in [0.29, 0.717) is 55.7 Å². The van der Waals surface area contributed by atoms with Crippen molar-refractivity contribution in [1.82, 2.24) is 9.62 Å². The lowest BCUT2D eigenvalue weighted by molar-refractivity contribution is 0.0949. The molecule has 31 heavy (non-hydrogen) atoms. The van der Waals surface area contributed by atoms with E-state index < -0.39 is 10.0 Å². The van der Waals surface area contributed by atoms with Crippen LogP contribution in [0.1, 0.15) is 29.8 Å². The second kappa shape index (κ2) is 10.5. The van der Waals surface area contributed by atoms with Crippen molar-refractivity contribution < 1.29 is 17.9 Å². The molecule has 2 aromatic carbocycles. The first-order chi connectivity index (χ1) is 14.9. The number of rotatable bonds is 8. The maximum Gasteiger partial charge on any atom is 0.253 e. The van der Waals surface area contributed by atoms with E-state index in [9.17, 15) is 13.2 Å². The number of amides is 1. The summed E-state index contributed by atoms with van der Waals surface area (Å²) in [7, 11) is -3.68. The van der Waals surface area contributed by atoms with E-state index in [1.165, 1.54) is 10.4 Å². The number of halogens is 1. The van der Waals surface area contributed by atoms with Gasteiger partial charge in [-0.2, -0.15) is 4.31 Å². The van der Waals surface area contributed by atoms with E-state index in [2.05, 4.69) is 5.32 Å². The number of hydrogen-bond donors (Lipinski definition) is 1. The molecule has 0 radical (unpaired) electrons. The van der Waals surface area contributed by atoms with Crippen molar-refractivity contribution in [2.24, 2.45) is 0 Å². The fourth-order valence-electron chi connectivity index (χ4n) is 3.57. The van der Waals surface area contributed by atoms with E-state index in [0.717, 1.165) is 5.56 Å². The van der Waals surface area contributed by atoms with Gasteiger partial charge < -0.3 is 15.0 Å². The smallest absolute Gasteiger partial charge is 0.253 e. The zero-order valence-corrected chi connectivity index (χ0v) is 19.4. The Bertz CT molecular complexity index is 1020. The van der Waals surface area contributed by atoms with Gasteiger partial charge in [0.05, 0.1) is 23.7 Å². The molecule has 0 saturated carbocycles. The van der Waals surface area contributed by atoms with Gasteiger partial charge in [0.1, 0.15) is 0 Å². The molecule has 0 aliphatic carbocycles. The minimum absolute atomic E-state index is 0.112. The summed E-state index contributed by atoms with van der Waals surface area (Å²) in [5.41, 5.74) is 1.89. The highest BCUT2D eigenvalue weighted by molar-refractivity contribution is 7.89. The molecule has 1 fully saturated rings. The molecule has 0 unspecified atom stereocenters. The number of carbonyl (C=O) groups is 1. The third-order valence-electron chi connectivity index (χ3n) is 5.25. The lowest BCUT2D eigenvalue weighted by Gasteiger charge is -2.30. The standard InChI is InChI=1S/C22H28ClN3O4S/c1-3-26(4-2)31(28,29)19-8-9-21(25-10-12-30-13-11-25)20(15-19)22(27)24-16-17-6-5-7-18(23)14-17/h5-9,14-15H,3-4,10-13,16H2,1-2H3,(H,24,27). The van der Waals surface area contributed by atoms with Crippen LogP contribution < -0.4 is 10.2 Å². The predicted octanol–water partition coefficient (Wildman–Crippen LogP) is 3.14. The molecule has 1 aliphatic rings. The highest BCUT2D eigenvalue weighted by Gasteiger charge is 2.26. The van der Waals surface area contributed by atoms with Crippen molar-refractivity contribution >= 4 is 33.2 Å². The van der Waals surface area contributed by atoms with Crippen LogP contribution >= 0.6 is 11.6 Å². The van der Waals surface area contributed by atoms with E-state index in [4.69, 9.17) is 16.3 Å². The first-order valence-corrected chi connectivity index (χ1v) is 12.2. The van der Waals surface area contributed by atoms with Gasteiger partial charge in [0.25, 0.3) is 5.91 Å². The predicted molar refractivity (Wildman–Crippen MR) is 122 cm³/mol. The third-order valence-corrected chi connectivity index (χ3v) is 7.53. The molecule has 2 aromatic rings. The van der Waals surface area contributed by atoms with Crippen LogP contribution in [-0.4, -0.2) is 58.0 Å². The monoisotopic (exact) mass is 465 g/mol. The zero-order chi connectivity index (χ0) is 22.4. The Morgan fingerprint density at radius 1 is 1.13 bits per heavy atom. The van der Waals surface area contributed by atoms with Crippen molar-refractivity contribution in [3.8, 4) is 0 Å². The zero-order valence-electron chi connectivity index (χ0n) is 17.8. The van der Waals surface area contributed by atoms with Crippen LogP contribution in [0.3, 0.4) is 0 Å². The molecule has 0 aromatic heterocycles. The van der Waals surface area contributed by atoms with Crippen molar-refractivity contribution in [3.63, 3.8) is 0 Å². The van der Waals surface area contributed by atoms with Crippen molar-refractivity contribution in [2.75, 3.05) is 44.3 Å². The molecule has 0 spiro atoms. The molecule has 9 heteroatoms. The van der Waals surface area contributed by atoms with Crippen LogP contribution in [0, 0.1) is 0 Å². The Morgan fingerprint density at radius 3 is 2.48 bits per heavy atom. The lowest BCUT2D eigenvalue weighted by Crippen LogP contribution is -2.38. The third kappa shape index (κ3) is 5.57. The molecule has 0 bridgehead atoms. The summed E-state index contributed by atoms with van der Waals surface area (Å²) >= 11 is 6.03. The van der Waals surface area contributed by atoms with Crippen molar-refractivity contribution in [3.05, 3.63) is 58.6 Å². The average molecular weight is 466 g/mol. The number of morpholine rings is 1. The Labute approximate surface area is 189 Å². The number of hydrogen-bond acceptors (Lipinski definition) is 5. The van der Waals surface area contributed by atoms with E-state index in [-0.39, 0.29) is 17.3 Å². The fourth-order valence-corrected chi connectivity index (χ4v) is 5.27. The molecular weight excluding hydrogens is 438 g/mol. The minimum atomic E-state index is -3.68. The number of nitrogens with one attached hydrogen (secondary N) is 1. The van der Waals surface area contributed by atoms with Gasteiger partial charge in [-0.1, -0.05) is 37.6 Å². The van der Waals surface area contributed by atoms with Gasteiger partial charge in [0.2, 0.25) is 10.0 Å². The molecule has 1 aliphatic heterocycles. The second-order valence-electron chi connectivity index (χ2n) is 7.18. The lowest BCUT2D eigenvalue weighted by atomic mass is 10.1. The van der Waals surface area contributed by atoms with E-state index >= 15 is 0 Å². The molecule has 0 atom stereocenters. The van der Waals surface area contributed by atoms with Gasteiger partial charge in [-0.3, -0.25) is 4.79 Å². The Balaban J connectivity index is 1.94. The summed E-state index contributed by atoms with van der Waals surface area (Å²) in [5, 5.41) is 3.48. The highest BCUT2D eigenvalue weighted by Crippen LogP contribution is 2.27. The molecule has 168 valence electrons. The second-order valence-corrected chi connectivity index (χ2v) is 9.55. The van der Waals surface area contributed by atoms with Gasteiger partial charge in [-0.05, 0) is 35.9 Å². The summed E-state index contributed by atoms with van der Waals surface area (Å²) in [6.45, 7) is 6.98. The summed E-state index contributed by atoms with van der Waals surface area (Å²) in [4.78, 5) is 15.3. The van der Waals surface area contributed by atoms with Crippen LogP contribution in [0.25, 0.3) is 0 Å². The van der Waals surface area contributed by atoms with E-state index in [1.807, 2.05) is 17.0 Å². The molecule has 3 rings (SSSR count). The van der Waals surface area contributed by atoms with Crippen LogP contribution in [0.5, 0.6) is 0 Å². The Morgan fingerprint density at radius 2 is 1.84 bits per heavy atom. The van der Waals surface area contributed by atoms with Crippen LogP contribution in [0.15, 0.2) is 47.4 Å². The fraction of sp³-hybridized carbons (Fsp3) is 0.409. The SMILES string of the molecule is CCN(CC)S(=O)(=O)c1ccc(N2CCOCC2)c(C(=O)NCc2cccc(Cl)c2)c1. The number of sulfonamides is 1. The van der Waals surface area contributed by atoms with Gasteiger partial charge in [0.15, 0.2) is 0 Å². The average Bonchev–Trinajstić information content (AvgIpc) is 2.78. The van der Waals surface area contributed by atoms with Gasteiger partial charge in [-0.15, -0.1) is 0 Å². The summed E-state index contributed by atoms with van der Waals surface area (Å²) in [6, 6.07) is 12.0. The van der Waals surface area contributed by atoms with Crippen molar-refractivity contribution in [1.29, 1.82) is 0 Å². The summed E-state index contributed by atoms with van der Waals surface area (Å²) in [6.07, 6.45) is 0. The quantitative estimate of drug-likeness (QED) is 0.648. The van der Waals surface area contributed by atoms with Gasteiger partial charge in [0, 0.05) is 43.4 Å². The van der Waals surface area contributed by atoms with Crippen LogP contribution in [-0.2, 0) is 21.3 Å². The number of benzene rings is 2. The number of carbonyl (C=O) groups excluding carboxylic acids is 1. The van der Waals surface area contributed by atoms with Gasteiger partial charge >= 0.3 is 0 Å². The van der Waals surface area contributed by atoms with Crippen LogP contribution in [0.2, 0.25) is 5.02 Å². The molecule has 1 N–H and O–H groups in total. The maximum atomic E-state index is 13.1. The first-order valence-electron chi connectivity index (χ1n) is 10.4. The maximum absolute atomic E-state index is 13.1. The molecule has 1 heterocycles. The largest absolute Gasteiger partial charge is 0.378 e. The summed E-state index contributed by atoms with van der Waals surface area (Å²) < 4.78 is 32.8. The number of ether oxygens (including phenoxy) is 1. The molecule has 7 nitrogen and oxygen atoms in total. The van der Waals surface area contributed by atoms with Crippen LogP contribution in [0.4, 0.5) is 5.69 Å². The Hall–Kier alpha value is -2.13. The Kier molecular flexibility index (Phi) is 7.94. The number of anilines is 1. The number of nitrogens with zero attached hydrogens (tertiary/aromatic N) is 2. The molecule has 1 saturated heterocycles. The van der Waals surface area contributed by atoms with Gasteiger partial charge in [-0.25, -0.2) is 8.42 Å². The highest BCUT2D eigenvalue weighted by atomic mass is 35.5. The molecular formula is C22H28ClN3O4S. The first kappa shape index (κ1) is 23.5.